The highest BCUT2D eigenvalue weighted by atomic mass is 32.2. The van der Waals surface area contributed by atoms with Crippen LogP contribution in [0.25, 0.3) is 0 Å². The van der Waals surface area contributed by atoms with E-state index in [1.165, 1.54) is 0 Å². The molecule has 0 atom stereocenters. The Balaban J connectivity index is 1.46. The number of pyridine rings is 2. The first-order valence-electron chi connectivity index (χ1n) is 10.3. The monoisotopic (exact) mass is 434 g/mol. The van der Waals surface area contributed by atoms with Crippen LogP contribution in [0.4, 0.5) is 11.5 Å². The molecule has 3 aromatic rings. The van der Waals surface area contributed by atoms with Crippen molar-refractivity contribution in [3.63, 3.8) is 0 Å². The highest BCUT2D eigenvalue weighted by molar-refractivity contribution is 7.98. The largest absolute Gasteiger partial charge is 0.378 e. The SMILES string of the molecule is Cc1cc(C)cc(NC(=O)c2cccnc2SCc2ccnc(N3CCOCC3)c2)c1. The third kappa shape index (κ3) is 5.62. The van der Waals surface area contributed by atoms with Crippen molar-refractivity contribution in [3.8, 4) is 0 Å². The van der Waals surface area contributed by atoms with Gasteiger partial charge in [0.2, 0.25) is 0 Å². The molecule has 1 aliphatic rings. The van der Waals surface area contributed by atoms with Crippen LogP contribution in [0, 0.1) is 13.8 Å². The number of thioether (sulfide) groups is 1. The van der Waals surface area contributed by atoms with Gasteiger partial charge in [-0.15, -0.1) is 11.8 Å². The lowest BCUT2D eigenvalue weighted by Gasteiger charge is -2.28. The van der Waals surface area contributed by atoms with Gasteiger partial charge < -0.3 is 15.0 Å². The summed E-state index contributed by atoms with van der Waals surface area (Å²) in [5.74, 6) is 1.53. The van der Waals surface area contributed by atoms with Gasteiger partial charge in [-0.25, -0.2) is 9.97 Å². The highest BCUT2D eigenvalue weighted by Gasteiger charge is 2.15. The van der Waals surface area contributed by atoms with E-state index in [0.717, 1.165) is 54.5 Å². The molecule has 1 aliphatic heterocycles. The number of carbonyl (C=O) groups excluding carboxylic acids is 1. The summed E-state index contributed by atoms with van der Waals surface area (Å²) in [5.41, 5.74) is 4.75. The van der Waals surface area contributed by atoms with Crippen molar-refractivity contribution >= 4 is 29.2 Å². The van der Waals surface area contributed by atoms with E-state index in [1.807, 2.05) is 44.3 Å². The van der Waals surface area contributed by atoms with E-state index in [1.54, 1.807) is 24.0 Å². The third-order valence-corrected chi connectivity index (χ3v) is 6.09. The van der Waals surface area contributed by atoms with Crippen LogP contribution in [0.3, 0.4) is 0 Å². The number of nitrogens with one attached hydrogen (secondary N) is 1. The minimum absolute atomic E-state index is 0.149. The highest BCUT2D eigenvalue weighted by Crippen LogP contribution is 2.26. The molecule has 0 bridgehead atoms. The average Bonchev–Trinajstić information content (AvgIpc) is 2.78. The van der Waals surface area contributed by atoms with Crippen molar-refractivity contribution in [1.82, 2.24) is 9.97 Å². The molecule has 3 heterocycles. The van der Waals surface area contributed by atoms with Crippen LogP contribution in [-0.2, 0) is 10.5 Å². The van der Waals surface area contributed by atoms with E-state index in [0.29, 0.717) is 16.3 Å². The smallest absolute Gasteiger partial charge is 0.258 e. The molecule has 4 rings (SSSR count). The molecule has 0 spiro atoms. The lowest BCUT2D eigenvalue weighted by molar-refractivity contribution is 0.102. The Morgan fingerprint density at radius 1 is 1.06 bits per heavy atom. The Labute approximate surface area is 187 Å². The van der Waals surface area contributed by atoms with Gasteiger partial charge in [0.25, 0.3) is 5.91 Å². The normalized spacial score (nSPS) is 13.8. The van der Waals surface area contributed by atoms with Gasteiger partial charge in [0.05, 0.1) is 18.8 Å². The third-order valence-electron chi connectivity index (χ3n) is 5.02. The van der Waals surface area contributed by atoms with E-state index in [9.17, 15) is 4.79 Å². The Hall–Kier alpha value is -2.90. The first-order chi connectivity index (χ1) is 15.1. The molecule has 6 nitrogen and oxygen atoms in total. The fourth-order valence-electron chi connectivity index (χ4n) is 3.59. The van der Waals surface area contributed by atoms with Crippen LogP contribution >= 0.6 is 11.8 Å². The van der Waals surface area contributed by atoms with Crippen molar-refractivity contribution in [2.24, 2.45) is 0 Å². The van der Waals surface area contributed by atoms with E-state index in [-0.39, 0.29) is 5.91 Å². The number of ether oxygens (including phenoxy) is 1. The molecule has 0 saturated carbocycles. The van der Waals surface area contributed by atoms with Gasteiger partial charge in [-0.1, -0.05) is 6.07 Å². The molecular formula is C24H26N4O2S. The second-order valence-electron chi connectivity index (χ2n) is 7.60. The minimum Gasteiger partial charge on any atom is -0.378 e. The maximum atomic E-state index is 12.9. The van der Waals surface area contributed by atoms with Crippen LogP contribution in [0.2, 0.25) is 0 Å². The van der Waals surface area contributed by atoms with Crippen LogP contribution in [0.5, 0.6) is 0 Å². The summed E-state index contributed by atoms with van der Waals surface area (Å²) in [4.78, 5) is 24.1. The van der Waals surface area contributed by atoms with Gasteiger partial charge in [-0.3, -0.25) is 4.79 Å². The number of carbonyl (C=O) groups is 1. The van der Waals surface area contributed by atoms with Gasteiger partial charge in [0.1, 0.15) is 10.8 Å². The molecule has 1 aromatic carbocycles. The topological polar surface area (TPSA) is 67.4 Å². The molecule has 1 fully saturated rings. The number of aryl methyl sites for hydroxylation is 2. The molecule has 1 N–H and O–H groups in total. The summed E-state index contributed by atoms with van der Waals surface area (Å²) in [7, 11) is 0. The number of benzene rings is 1. The van der Waals surface area contributed by atoms with Gasteiger partial charge in [-0.05, 0) is 66.9 Å². The minimum atomic E-state index is -0.149. The summed E-state index contributed by atoms with van der Waals surface area (Å²) in [6, 6.07) is 13.8. The maximum Gasteiger partial charge on any atom is 0.258 e. The van der Waals surface area contributed by atoms with Crippen LogP contribution in [-0.4, -0.2) is 42.2 Å². The van der Waals surface area contributed by atoms with Gasteiger partial charge >= 0.3 is 0 Å². The van der Waals surface area contributed by atoms with Crippen molar-refractivity contribution in [1.29, 1.82) is 0 Å². The number of hydrogen-bond donors (Lipinski definition) is 1. The molecule has 160 valence electrons. The van der Waals surface area contributed by atoms with Crippen molar-refractivity contribution in [3.05, 3.63) is 77.1 Å². The second kappa shape index (κ2) is 9.94. The van der Waals surface area contributed by atoms with Crippen LogP contribution < -0.4 is 10.2 Å². The van der Waals surface area contributed by atoms with E-state index in [2.05, 4.69) is 32.3 Å². The molecule has 0 unspecified atom stereocenters. The molecule has 31 heavy (non-hydrogen) atoms. The molecular weight excluding hydrogens is 408 g/mol. The lowest BCUT2D eigenvalue weighted by Crippen LogP contribution is -2.36. The van der Waals surface area contributed by atoms with E-state index in [4.69, 9.17) is 4.74 Å². The summed E-state index contributed by atoms with van der Waals surface area (Å²) in [6.45, 7) is 7.21. The quantitative estimate of drug-likeness (QED) is 0.577. The number of nitrogens with zero attached hydrogens (tertiary/aromatic N) is 3. The van der Waals surface area contributed by atoms with Crippen molar-refractivity contribution in [2.45, 2.75) is 24.6 Å². The van der Waals surface area contributed by atoms with Crippen molar-refractivity contribution in [2.75, 3.05) is 36.5 Å². The molecule has 0 radical (unpaired) electrons. The van der Waals surface area contributed by atoms with Crippen LogP contribution in [0.1, 0.15) is 27.0 Å². The van der Waals surface area contributed by atoms with E-state index >= 15 is 0 Å². The van der Waals surface area contributed by atoms with Crippen LogP contribution in [0.15, 0.2) is 59.9 Å². The fourth-order valence-corrected chi connectivity index (χ4v) is 4.53. The summed E-state index contributed by atoms with van der Waals surface area (Å²) < 4.78 is 5.43. The number of amides is 1. The Bertz CT molecular complexity index is 1050. The molecule has 7 heteroatoms. The van der Waals surface area contributed by atoms with Crippen molar-refractivity contribution < 1.29 is 9.53 Å². The number of hydrogen-bond acceptors (Lipinski definition) is 6. The molecule has 1 amide bonds. The number of anilines is 2. The first kappa shape index (κ1) is 21.3. The fraction of sp³-hybridized carbons (Fsp3) is 0.292. The zero-order valence-corrected chi connectivity index (χ0v) is 18.6. The van der Waals surface area contributed by atoms with Gasteiger partial charge in [0.15, 0.2) is 0 Å². The number of morpholine rings is 1. The Morgan fingerprint density at radius 3 is 2.61 bits per heavy atom. The van der Waals surface area contributed by atoms with E-state index < -0.39 is 0 Å². The predicted molar refractivity (Wildman–Crippen MR) is 125 cm³/mol. The Kier molecular flexibility index (Phi) is 6.84. The zero-order chi connectivity index (χ0) is 21.6. The summed E-state index contributed by atoms with van der Waals surface area (Å²) in [5, 5.41) is 3.73. The number of rotatable bonds is 6. The molecule has 0 aliphatic carbocycles. The van der Waals surface area contributed by atoms with Gasteiger partial charge in [0, 0.05) is 36.9 Å². The molecule has 1 saturated heterocycles. The number of aromatic nitrogens is 2. The molecule has 2 aromatic heterocycles. The average molecular weight is 435 g/mol. The summed E-state index contributed by atoms with van der Waals surface area (Å²) in [6.07, 6.45) is 3.56. The lowest BCUT2D eigenvalue weighted by atomic mass is 10.1. The van der Waals surface area contributed by atoms with Gasteiger partial charge in [-0.2, -0.15) is 0 Å². The maximum absolute atomic E-state index is 12.9. The second-order valence-corrected chi connectivity index (χ2v) is 8.56. The zero-order valence-electron chi connectivity index (χ0n) is 17.8. The standard InChI is InChI=1S/C24H26N4O2S/c1-17-12-18(2)14-20(13-17)27-23(29)21-4-3-6-26-24(21)31-16-19-5-7-25-22(15-19)28-8-10-30-11-9-28/h3-7,12-15H,8-11,16H2,1-2H3,(H,27,29). The Morgan fingerprint density at radius 2 is 1.84 bits per heavy atom. The predicted octanol–water partition coefficient (Wildman–Crippen LogP) is 4.47. The first-order valence-corrected chi connectivity index (χ1v) is 11.3. The summed E-state index contributed by atoms with van der Waals surface area (Å²) >= 11 is 1.56.